The lowest BCUT2D eigenvalue weighted by molar-refractivity contribution is 0.0976. The van der Waals surface area contributed by atoms with E-state index in [1.54, 1.807) is 23.1 Å². The summed E-state index contributed by atoms with van der Waals surface area (Å²) in [6.07, 6.45) is 0.826. The van der Waals surface area contributed by atoms with Crippen LogP contribution in [0.2, 0.25) is 0 Å². The number of nitrogens with one attached hydrogen (secondary N) is 1. The van der Waals surface area contributed by atoms with Crippen molar-refractivity contribution in [3.63, 3.8) is 0 Å². The summed E-state index contributed by atoms with van der Waals surface area (Å²) in [6.45, 7) is 3.85. The lowest BCUT2D eigenvalue weighted by Crippen LogP contribution is -2.36. The van der Waals surface area contributed by atoms with E-state index >= 15 is 0 Å². The minimum Gasteiger partial charge on any atom is -0.324 e. The Labute approximate surface area is 156 Å². The van der Waals surface area contributed by atoms with Crippen LogP contribution < -0.4 is 10.2 Å². The molecule has 1 aromatic heterocycles. The van der Waals surface area contributed by atoms with Crippen molar-refractivity contribution in [2.24, 2.45) is 0 Å². The van der Waals surface area contributed by atoms with Gasteiger partial charge in [0.25, 0.3) is 5.91 Å². The monoisotopic (exact) mass is 362 g/mol. The summed E-state index contributed by atoms with van der Waals surface area (Å²) >= 11 is 0. The molecule has 1 unspecified atom stereocenters. The van der Waals surface area contributed by atoms with Crippen LogP contribution in [0.3, 0.4) is 0 Å². The van der Waals surface area contributed by atoms with Gasteiger partial charge in [0.15, 0.2) is 0 Å². The van der Waals surface area contributed by atoms with Crippen LogP contribution in [0.1, 0.15) is 28.7 Å². The molecule has 0 aliphatic carbocycles. The van der Waals surface area contributed by atoms with Crippen molar-refractivity contribution in [1.82, 2.24) is 9.97 Å². The molecule has 6 heteroatoms. The SMILES string of the molecule is Cc1cc(C(=O)N2c3ccccc3CC2C)nc(Nc2ccc(F)cc2)n1. The Morgan fingerprint density at radius 2 is 1.89 bits per heavy atom. The van der Waals surface area contributed by atoms with Gasteiger partial charge in [-0.2, -0.15) is 0 Å². The summed E-state index contributed by atoms with van der Waals surface area (Å²) in [5, 5.41) is 3.03. The average molecular weight is 362 g/mol. The lowest BCUT2D eigenvalue weighted by atomic mass is 10.1. The average Bonchev–Trinajstić information content (AvgIpc) is 2.98. The molecule has 1 aliphatic heterocycles. The number of halogens is 1. The van der Waals surface area contributed by atoms with E-state index in [9.17, 15) is 9.18 Å². The second-order valence-electron chi connectivity index (χ2n) is 6.71. The zero-order valence-corrected chi connectivity index (χ0v) is 15.1. The number of benzene rings is 2. The number of anilines is 3. The van der Waals surface area contributed by atoms with Gasteiger partial charge in [-0.3, -0.25) is 4.79 Å². The van der Waals surface area contributed by atoms with Gasteiger partial charge in [-0.05, 0) is 62.2 Å². The van der Waals surface area contributed by atoms with E-state index in [2.05, 4.69) is 15.3 Å². The highest BCUT2D eigenvalue weighted by Gasteiger charge is 2.32. The maximum absolute atomic E-state index is 13.2. The Hall–Kier alpha value is -3.28. The second-order valence-corrected chi connectivity index (χ2v) is 6.71. The molecule has 0 radical (unpaired) electrons. The first kappa shape index (κ1) is 17.1. The number of aryl methyl sites for hydroxylation is 1. The van der Waals surface area contributed by atoms with E-state index < -0.39 is 0 Å². The van der Waals surface area contributed by atoms with Crippen molar-refractivity contribution in [1.29, 1.82) is 0 Å². The molecule has 3 aromatic rings. The maximum Gasteiger partial charge on any atom is 0.277 e. The molecule has 0 spiro atoms. The van der Waals surface area contributed by atoms with Gasteiger partial charge in [-0.25, -0.2) is 14.4 Å². The Morgan fingerprint density at radius 3 is 2.67 bits per heavy atom. The first-order chi connectivity index (χ1) is 13.0. The normalized spacial score (nSPS) is 15.5. The summed E-state index contributed by atoms with van der Waals surface area (Å²) in [6, 6.07) is 15.6. The van der Waals surface area contributed by atoms with Crippen molar-refractivity contribution in [2.45, 2.75) is 26.3 Å². The smallest absolute Gasteiger partial charge is 0.277 e. The van der Waals surface area contributed by atoms with Crippen molar-refractivity contribution >= 4 is 23.2 Å². The Kier molecular flexibility index (Phi) is 4.32. The molecule has 4 rings (SSSR count). The summed E-state index contributed by atoms with van der Waals surface area (Å²) < 4.78 is 13.1. The van der Waals surface area contributed by atoms with E-state index in [0.717, 1.165) is 17.7 Å². The summed E-state index contributed by atoms with van der Waals surface area (Å²) in [5.41, 5.74) is 3.75. The molecule has 2 heterocycles. The van der Waals surface area contributed by atoms with Crippen LogP contribution in [-0.4, -0.2) is 21.9 Å². The molecule has 1 atom stereocenters. The fraction of sp³-hybridized carbons (Fsp3) is 0.190. The molecule has 2 aromatic carbocycles. The number of carbonyl (C=O) groups excluding carboxylic acids is 1. The first-order valence-corrected chi connectivity index (χ1v) is 8.81. The van der Waals surface area contributed by atoms with Gasteiger partial charge in [0.1, 0.15) is 11.5 Å². The topological polar surface area (TPSA) is 58.1 Å². The third-order valence-corrected chi connectivity index (χ3v) is 4.60. The number of carbonyl (C=O) groups is 1. The number of hydrogen-bond donors (Lipinski definition) is 1. The Morgan fingerprint density at radius 1 is 1.15 bits per heavy atom. The molecule has 1 amide bonds. The van der Waals surface area contributed by atoms with Gasteiger partial charge < -0.3 is 10.2 Å². The number of aromatic nitrogens is 2. The fourth-order valence-electron chi connectivity index (χ4n) is 3.39. The number of amides is 1. The van der Waals surface area contributed by atoms with E-state index in [0.29, 0.717) is 23.0 Å². The Balaban J connectivity index is 1.65. The fourth-order valence-corrected chi connectivity index (χ4v) is 3.39. The number of rotatable bonds is 3. The summed E-state index contributed by atoms with van der Waals surface area (Å²) in [5.74, 6) is -0.159. The van der Waals surface area contributed by atoms with E-state index in [1.807, 2.05) is 38.1 Å². The zero-order chi connectivity index (χ0) is 19.0. The number of para-hydroxylation sites is 1. The largest absolute Gasteiger partial charge is 0.324 e. The maximum atomic E-state index is 13.2. The highest BCUT2D eigenvalue weighted by Crippen LogP contribution is 2.33. The highest BCUT2D eigenvalue weighted by molar-refractivity contribution is 6.06. The predicted octanol–water partition coefficient (Wildman–Crippen LogP) is 4.26. The molecule has 0 bridgehead atoms. The van der Waals surface area contributed by atoms with Crippen LogP contribution in [0.25, 0.3) is 0 Å². The van der Waals surface area contributed by atoms with E-state index in [4.69, 9.17) is 0 Å². The molecule has 136 valence electrons. The molecule has 0 fully saturated rings. The van der Waals surface area contributed by atoms with Gasteiger partial charge in [0.05, 0.1) is 0 Å². The standard InChI is InChI=1S/C21H19FN4O/c1-13-11-18(25-21(23-13)24-17-9-7-16(22)8-10-17)20(27)26-14(2)12-15-5-3-4-6-19(15)26/h3-11,14H,12H2,1-2H3,(H,23,24,25). The van der Waals surface area contributed by atoms with Gasteiger partial charge in [0, 0.05) is 23.1 Å². The van der Waals surface area contributed by atoms with E-state index in [1.165, 1.54) is 12.1 Å². The lowest BCUT2D eigenvalue weighted by Gasteiger charge is -2.22. The number of nitrogens with zero attached hydrogens (tertiary/aromatic N) is 3. The van der Waals surface area contributed by atoms with Crippen LogP contribution in [0.4, 0.5) is 21.7 Å². The quantitative estimate of drug-likeness (QED) is 0.756. The molecule has 5 nitrogen and oxygen atoms in total. The molecule has 27 heavy (non-hydrogen) atoms. The minimum atomic E-state index is -0.316. The van der Waals surface area contributed by atoms with Crippen molar-refractivity contribution in [2.75, 3.05) is 10.2 Å². The predicted molar refractivity (Wildman–Crippen MR) is 103 cm³/mol. The molecular weight excluding hydrogens is 343 g/mol. The van der Waals surface area contributed by atoms with Crippen LogP contribution in [-0.2, 0) is 6.42 Å². The third kappa shape index (κ3) is 3.38. The Bertz CT molecular complexity index is 1000. The van der Waals surface area contributed by atoms with Crippen LogP contribution in [0, 0.1) is 12.7 Å². The van der Waals surface area contributed by atoms with E-state index in [-0.39, 0.29) is 17.8 Å². The second kappa shape index (κ2) is 6.79. The van der Waals surface area contributed by atoms with Crippen molar-refractivity contribution < 1.29 is 9.18 Å². The van der Waals surface area contributed by atoms with Crippen LogP contribution in [0.15, 0.2) is 54.6 Å². The molecular formula is C21H19FN4O. The third-order valence-electron chi connectivity index (χ3n) is 4.60. The van der Waals surface area contributed by atoms with Crippen molar-refractivity contribution in [3.05, 3.63) is 77.4 Å². The van der Waals surface area contributed by atoms with Gasteiger partial charge >= 0.3 is 0 Å². The minimum absolute atomic E-state index is 0.0682. The summed E-state index contributed by atoms with van der Waals surface area (Å²) in [7, 11) is 0. The number of hydrogen-bond acceptors (Lipinski definition) is 4. The molecule has 1 N–H and O–H groups in total. The van der Waals surface area contributed by atoms with Gasteiger partial charge in [-0.15, -0.1) is 0 Å². The molecule has 0 saturated heterocycles. The highest BCUT2D eigenvalue weighted by atomic mass is 19.1. The van der Waals surface area contributed by atoms with Gasteiger partial charge in [0.2, 0.25) is 5.95 Å². The molecule has 1 aliphatic rings. The number of fused-ring (bicyclic) bond motifs is 1. The molecule has 0 saturated carbocycles. The zero-order valence-electron chi connectivity index (χ0n) is 15.1. The summed E-state index contributed by atoms with van der Waals surface area (Å²) in [4.78, 5) is 23.7. The van der Waals surface area contributed by atoms with Crippen LogP contribution in [0.5, 0.6) is 0 Å². The first-order valence-electron chi connectivity index (χ1n) is 8.81. The van der Waals surface area contributed by atoms with Crippen molar-refractivity contribution in [3.8, 4) is 0 Å². The van der Waals surface area contributed by atoms with Gasteiger partial charge in [-0.1, -0.05) is 18.2 Å². The van der Waals surface area contributed by atoms with Crippen LogP contribution >= 0.6 is 0 Å².